The van der Waals surface area contributed by atoms with Gasteiger partial charge in [0.1, 0.15) is 0 Å². The summed E-state index contributed by atoms with van der Waals surface area (Å²) in [6, 6.07) is 0. The van der Waals surface area contributed by atoms with Crippen molar-refractivity contribution in [2.75, 3.05) is 24.7 Å². The third-order valence-corrected chi connectivity index (χ3v) is 1.83. The second kappa shape index (κ2) is 12.3. The van der Waals surface area contributed by atoms with Crippen molar-refractivity contribution < 1.29 is 19.4 Å². The van der Waals surface area contributed by atoms with Crippen molar-refractivity contribution >= 4 is 27.5 Å². The van der Waals surface area contributed by atoms with E-state index in [0.29, 0.717) is 13.2 Å². The van der Waals surface area contributed by atoms with Crippen molar-refractivity contribution in [2.24, 2.45) is 0 Å². The molecule has 7 heteroatoms. The highest BCUT2D eigenvalue weighted by Crippen LogP contribution is 1.97. The van der Waals surface area contributed by atoms with E-state index in [1.165, 1.54) is 0 Å². The van der Waals surface area contributed by atoms with E-state index in [2.05, 4.69) is 21.3 Å². The molecule has 0 heterocycles. The molecule has 0 aliphatic rings. The van der Waals surface area contributed by atoms with E-state index >= 15 is 0 Å². The zero-order valence-electron chi connectivity index (χ0n) is 8.02. The molecule has 0 N–H and O–H groups in total. The number of hydrogen-bond acceptors (Lipinski definition) is 5. The monoisotopic (exact) mass is 204 g/mol. The van der Waals surface area contributed by atoms with Crippen LogP contribution < -0.4 is 5.02 Å². The summed E-state index contributed by atoms with van der Waals surface area (Å²) in [5.41, 5.74) is 0. The lowest BCUT2D eigenvalue weighted by Crippen LogP contribution is -2.38. The average molecular weight is 204 g/mol. The van der Waals surface area contributed by atoms with E-state index in [9.17, 15) is 5.02 Å². The van der Waals surface area contributed by atoms with Gasteiger partial charge in [0.05, 0.1) is 6.61 Å². The summed E-state index contributed by atoms with van der Waals surface area (Å²) in [7, 11) is -1.51. The zero-order valence-corrected chi connectivity index (χ0v) is 8.84. The van der Waals surface area contributed by atoms with Crippen LogP contribution in [0, 0.1) is 0 Å². The zero-order chi connectivity index (χ0) is 9.23. The minimum Gasteiger partial charge on any atom is -0.830 e. The molecule has 0 aliphatic carbocycles. The smallest absolute Gasteiger partial charge is 0.389 e. The maximum absolute atomic E-state index is 10.6. The summed E-state index contributed by atoms with van der Waals surface area (Å²) < 4.78 is 4.54. The van der Waals surface area contributed by atoms with Crippen LogP contribution in [0.3, 0.4) is 0 Å². The maximum Gasteiger partial charge on any atom is 0.389 e. The van der Waals surface area contributed by atoms with Gasteiger partial charge in [0.15, 0.2) is 0 Å². The Labute approximate surface area is 86.0 Å². The molecule has 0 aliphatic heterocycles. The second-order valence-electron chi connectivity index (χ2n) is 1.86. The Hall–Kier alpha value is 0.320. The summed E-state index contributed by atoms with van der Waals surface area (Å²) >= 11 is 1.73. The van der Waals surface area contributed by atoms with Crippen molar-refractivity contribution in [3.63, 3.8) is 0 Å². The molecule has 0 atom stereocenters. The Balaban J connectivity index is 0. The van der Waals surface area contributed by atoms with Crippen LogP contribution in [-0.4, -0.2) is 40.5 Å². The highest BCUT2D eigenvalue weighted by molar-refractivity contribution is 7.99. The van der Waals surface area contributed by atoms with Gasteiger partial charge in [-0.2, -0.15) is 11.8 Å². The SMILES string of the molecule is CCOB([O-])OOCCSCC.[B]. The van der Waals surface area contributed by atoms with Crippen LogP contribution in [0.25, 0.3) is 0 Å². The van der Waals surface area contributed by atoms with E-state index in [1.807, 2.05) is 0 Å². The molecule has 0 aromatic carbocycles. The lowest BCUT2D eigenvalue weighted by atomic mass is 10.3. The molecule has 3 radical (unpaired) electrons. The Morgan fingerprint density at radius 1 is 1.38 bits per heavy atom. The van der Waals surface area contributed by atoms with Crippen molar-refractivity contribution in [3.8, 4) is 0 Å². The average Bonchev–Trinajstić information content (AvgIpc) is 2.05. The standard InChI is InChI=1S/C6H14BO4S.B/c1-3-9-7(8)11-10-5-6-12-4-2;/h3-6H2,1-2H3;/q-1;. The van der Waals surface area contributed by atoms with E-state index in [0.717, 1.165) is 11.5 Å². The highest BCUT2D eigenvalue weighted by Gasteiger charge is 1.99. The van der Waals surface area contributed by atoms with Gasteiger partial charge in [-0.15, -0.1) is 0 Å². The topological polar surface area (TPSA) is 50.8 Å². The molecule has 13 heavy (non-hydrogen) atoms. The fourth-order valence-electron chi connectivity index (χ4n) is 0.505. The maximum atomic E-state index is 10.6. The molecule has 0 fully saturated rings. The number of hydrogen-bond donors (Lipinski definition) is 0. The molecule has 0 aromatic heterocycles. The van der Waals surface area contributed by atoms with Crippen LogP contribution in [-0.2, 0) is 14.3 Å². The van der Waals surface area contributed by atoms with Gasteiger partial charge in [-0.25, -0.2) is 0 Å². The fourth-order valence-corrected chi connectivity index (χ4v) is 0.979. The van der Waals surface area contributed by atoms with Crippen LogP contribution in [0.2, 0.25) is 0 Å². The summed E-state index contributed by atoms with van der Waals surface area (Å²) in [5.74, 6) is 1.87. The third kappa shape index (κ3) is 12.3. The van der Waals surface area contributed by atoms with Crippen molar-refractivity contribution in [1.29, 1.82) is 0 Å². The fraction of sp³-hybridized carbons (Fsp3) is 1.00. The molecule has 0 aromatic rings. The molecule has 0 spiro atoms. The lowest BCUT2D eigenvalue weighted by Gasteiger charge is -2.16. The van der Waals surface area contributed by atoms with Gasteiger partial charge >= 0.3 is 7.32 Å². The molecule has 4 nitrogen and oxygen atoms in total. The van der Waals surface area contributed by atoms with Crippen molar-refractivity contribution in [3.05, 3.63) is 0 Å². The first-order valence-electron chi connectivity index (χ1n) is 3.94. The normalized spacial score (nSPS) is 9.46. The van der Waals surface area contributed by atoms with E-state index in [4.69, 9.17) is 0 Å². The predicted molar refractivity (Wildman–Crippen MR) is 53.2 cm³/mol. The van der Waals surface area contributed by atoms with Gasteiger partial charge in [0.25, 0.3) is 0 Å². The Morgan fingerprint density at radius 2 is 2.08 bits per heavy atom. The molecule has 0 saturated carbocycles. The lowest BCUT2D eigenvalue weighted by molar-refractivity contribution is -0.332. The molecule has 0 rings (SSSR count). The minimum absolute atomic E-state index is 0. The molecular formula is C6H14B2O4S-. The number of rotatable bonds is 8. The quantitative estimate of drug-likeness (QED) is 0.235. The van der Waals surface area contributed by atoms with Gasteiger partial charge in [0.2, 0.25) is 0 Å². The predicted octanol–water partition coefficient (Wildman–Crippen LogP) is -0.311. The number of thioether (sulfide) groups is 1. The minimum atomic E-state index is -1.51. The van der Waals surface area contributed by atoms with Crippen LogP contribution in [0.5, 0.6) is 0 Å². The van der Waals surface area contributed by atoms with Crippen LogP contribution in [0.1, 0.15) is 13.8 Å². The van der Waals surface area contributed by atoms with Gasteiger partial charge in [-0.05, 0) is 12.7 Å². The first kappa shape index (κ1) is 15.8. The largest absolute Gasteiger partial charge is 0.830 e. The summed E-state index contributed by atoms with van der Waals surface area (Å²) in [6.45, 7) is 4.54. The van der Waals surface area contributed by atoms with Crippen molar-refractivity contribution in [1.82, 2.24) is 0 Å². The van der Waals surface area contributed by atoms with Gasteiger partial charge in [0, 0.05) is 20.8 Å². The van der Waals surface area contributed by atoms with E-state index in [-0.39, 0.29) is 8.41 Å². The second-order valence-corrected chi connectivity index (χ2v) is 3.25. The van der Waals surface area contributed by atoms with Gasteiger partial charge < -0.3 is 9.68 Å². The summed E-state index contributed by atoms with van der Waals surface area (Å²) in [6.07, 6.45) is 0. The molecular weight excluding hydrogens is 190 g/mol. The first-order valence-corrected chi connectivity index (χ1v) is 5.10. The van der Waals surface area contributed by atoms with Crippen molar-refractivity contribution in [2.45, 2.75) is 13.8 Å². The third-order valence-electron chi connectivity index (χ3n) is 0.964. The van der Waals surface area contributed by atoms with E-state index in [1.54, 1.807) is 18.7 Å². The van der Waals surface area contributed by atoms with Crippen LogP contribution >= 0.6 is 11.8 Å². The molecule has 75 valence electrons. The Bertz CT molecular complexity index is 98.7. The Kier molecular flexibility index (Phi) is 15.0. The molecule has 0 saturated heterocycles. The van der Waals surface area contributed by atoms with E-state index < -0.39 is 7.32 Å². The Morgan fingerprint density at radius 3 is 2.62 bits per heavy atom. The summed E-state index contributed by atoms with van der Waals surface area (Å²) in [4.78, 5) is 8.93. The van der Waals surface area contributed by atoms with Gasteiger partial charge in [-0.3, -0.25) is 9.69 Å². The van der Waals surface area contributed by atoms with Crippen LogP contribution in [0.4, 0.5) is 0 Å². The highest BCUT2D eigenvalue weighted by atomic mass is 32.2. The molecule has 0 amide bonds. The van der Waals surface area contributed by atoms with Crippen LogP contribution in [0.15, 0.2) is 0 Å². The molecule has 0 unspecified atom stereocenters. The van der Waals surface area contributed by atoms with Gasteiger partial charge in [-0.1, -0.05) is 6.92 Å². The molecule has 0 bridgehead atoms. The first-order chi connectivity index (χ1) is 5.81. The summed E-state index contributed by atoms with van der Waals surface area (Å²) in [5, 5.41) is 10.6.